The largest absolute Gasteiger partial charge is 0.354 e. The van der Waals surface area contributed by atoms with Crippen molar-refractivity contribution in [3.05, 3.63) is 46.9 Å². The second kappa shape index (κ2) is 7.68. The van der Waals surface area contributed by atoms with E-state index in [9.17, 15) is 4.79 Å². The Morgan fingerprint density at radius 1 is 1.08 bits per heavy atom. The summed E-state index contributed by atoms with van der Waals surface area (Å²) >= 11 is 0. The van der Waals surface area contributed by atoms with Crippen molar-refractivity contribution in [2.75, 3.05) is 11.9 Å². The molecule has 2 N–H and O–H groups in total. The van der Waals surface area contributed by atoms with Crippen LogP contribution in [0.15, 0.2) is 41.3 Å². The van der Waals surface area contributed by atoms with Crippen LogP contribution in [0.2, 0.25) is 0 Å². The maximum atomic E-state index is 12.2. The van der Waals surface area contributed by atoms with Crippen molar-refractivity contribution in [2.24, 2.45) is 0 Å². The zero-order chi connectivity index (χ0) is 16.8. The van der Waals surface area contributed by atoms with Crippen LogP contribution in [-0.2, 0) is 0 Å². The number of nitrogens with one attached hydrogen (secondary N) is 2. The van der Waals surface area contributed by atoms with Gasteiger partial charge in [0.25, 0.3) is 5.56 Å². The van der Waals surface area contributed by atoms with E-state index < -0.39 is 0 Å². The minimum Gasteiger partial charge on any atom is -0.354 e. The van der Waals surface area contributed by atoms with Gasteiger partial charge in [-0.1, -0.05) is 56.5 Å². The second-order valence-electron chi connectivity index (χ2n) is 5.70. The molecule has 124 valence electrons. The lowest BCUT2D eigenvalue weighted by Gasteiger charge is -2.06. The fraction of sp³-hybridized carbons (Fsp3) is 0.333. The summed E-state index contributed by atoms with van der Waals surface area (Å²) in [6.07, 6.45) is 6.23. The zero-order valence-corrected chi connectivity index (χ0v) is 13.7. The van der Waals surface area contributed by atoms with E-state index in [1.165, 1.54) is 25.5 Å². The Morgan fingerprint density at radius 2 is 1.92 bits per heavy atom. The molecule has 0 bridgehead atoms. The predicted molar refractivity (Wildman–Crippen MR) is 96.0 cm³/mol. The van der Waals surface area contributed by atoms with Gasteiger partial charge in [-0.15, -0.1) is 0 Å². The summed E-state index contributed by atoms with van der Waals surface area (Å²) < 4.78 is 0. The van der Waals surface area contributed by atoms with Crippen LogP contribution in [0.4, 0.5) is 5.95 Å². The number of hydrogen-bond acceptors (Lipinski definition) is 5. The van der Waals surface area contributed by atoms with E-state index >= 15 is 0 Å². The van der Waals surface area contributed by atoms with Gasteiger partial charge in [-0.2, -0.15) is 4.98 Å². The first-order valence-electron chi connectivity index (χ1n) is 8.34. The molecule has 2 aromatic heterocycles. The normalized spacial score (nSPS) is 10.9. The first-order valence-corrected chi connectivity index (χ1v) is 8.34. The van der Waals surface area contributed by atoms with Crippen molar-refractivity contribution in [1.82, 2.24) is 19.9 Å². The van der Waals surface area contributed by atoms with Crippen LogP contribution in [-0.4, -0.2) is 26.5 Å². The second-order valence-corrected chi connectivity index (χ2v) is 5.70. The molecule has 0 radical (unpaired) electrons. The van der Waals surface area contributed by atoms with Crippen molar-refractivity contribution < 1.29 is 0 Å². The molecule has 0 amide bonds. The van der Waals surface area contributed by atoms with Gasteiger partial charge in [0.1, 0.15) is 11.2 Å². The molecule has 0 fully saturated rings. The number of fused-ring (bicyclic) bond motifs is 1. The summed E-state index contributed by atoms with van der Waals surface area (Å²) in [6.45, 7) is 3.01. The van der Waals surface area contributed by atoms with Crippen LogP contribution in [0.1, 0.15) is 32.6 Å². The highest BCUT2D eigenvalue weighted by Gasteiger charge is 2.08. The molecular weight excluding hydrogens is 302 g/mol. The molecule has 2 heterocycles. The predicted octanol–water partition coefficient (Wildman–Crippen LogP) is 3.37. The molecular formula is C18H21N5O. The first-order chi connectivity index (χ1) is 11.8. The third-order valence-electron chi connectivity index (χ3n) is 3.82. The molecule has 3 aromatic rings. The fourth-order valence-electron chi connectivity index (χ4n) is 2.50. The number of aromatic nitrogens is 4. The van der Waals surface area contributed by atoms with E-state index in [4.69, 9.17) is 0 Å². The molecule has 6 nitrogen and oxygen atoms in total. The minimum absolute atomic E-state index is 0.228. The molecule has 0 unspecified atom stereocenters. The smallest absolute Gasteiger partial charge is 0.262 e. The molecule has 0 saturated carbocycles. The molecule has 0 saturated heterocycles. The summed E-state index contributed by atoms with van der Waals surface area (Å²) in [5.41, 5.74) is 1.03. The van der Waals surface area contributed by atoms with Crippen LogP contribution in [0, 0.1) is 0 Å². The Morgan fingerprint density at radius 3 is 2.71 bits per heavy atom. The quantitative estimate of drug-likeness (QED) is 0.651. The molecule has 0 atom stereocenters. The average molecular weight is 323 g/mol. The number of aromatic amines is 1. The third kappa shape index (κ3) is 3.76. The van der Waals surface area contributed by atoms with E-state index in [2.05, 4.69) is 32.2 Å². The molecule has 24 heavy (non-hydrogen) atoms. The number of benzene rings is 1. The van der Waals surface area contributed by atoms with Gasteiger partial charge in [0.05, 0.1) is 0 Å². The Kier molecular flexibility index (Phi) is 5.15. The molecule has 0 spiro atoms. The molecule has 0 aliphatic heterocycles. The lowest BCUT2D eigenvalue weighted by molar-refractivity contribution is 0.683. The van der Waals surface area contributed by atoms with E-state index in [1.807, 2.05) is 30.3 Å². The number of unbranched alkanes of at least 4 members (excludes halogenated alkanes) is 3. The standard InChI is InChI=1S/C18H21N5O/c1-2-3-4-8-11-19-18-20-12-14-16(23-18)21-15(22-17(14)24)13-9-6-5-7-10-13/h5-7,9-10,12H,2-4,8,11H2,1H3,(H2,19,20,21,22,23,24). The summed E-state index contributed by atoms with van der Waals surface area (Å²) in [4.78, 5) is 28.1. The van der Waals surface area contributed by atoms with Gasteiger partial charge in [0.2, 0.25) is 5.95 Å². The summed E-state index contributed by atoms with van der Waals surface area (Å²) in [5.74, 6) is 1.02. The van der Waals surface area contributed by atoms with Crippen LogP contribution < -0.4 is 10.9 Å². The van der Waals surface area contributed by atoms with Crippen molar-refractivity contribution >= 4 is 17.0 Å². The number of H-pyrrole nitrogens is 1. The number of rotatable bonds is 7. The van der Waals surface area contributed by atoms with E-state index in [0.717, 1.165) is 18.5 Å². The number of anilines is 1. The lowest BCUT2D eigenvalue weighted by Crippen LogP contribution is -2.13. The summed E-state index contributed by atoms with van der Waals surface area (Å²) in [7, 11) is 0. The highest BCUT2D eigenvalue weighted by molar-refractivity contribution is 5.75. The lowest BCUT2D eigenvalue weighted by atomic mass is 10.2. The molecule has 3 rings (SSSR count). The van der Waals surface area contributed by atoms with E-state index in [1.54, 1.807) is 0 Å². The zero-order valence-electron chi connectivity index (χ0n) is 13.7. The molecule has 0 aliphatic rings. The van der Waals surface area contributed by atoms with Gasteiger partial charge in [-0.3, -0.25) is 4.79 Å². The number of hydrogen-bond donors (Lipinski definition) is 2. The van der Waals surface area contributed by atoms with Crippen LogP contribution >= 0.6 is 0 Å². The maximum Gasteiger partial charge on any atom is 0.262 e. The van der Waals surface area contributed by atoms with Crippen LogP contribution in [0.5, 0.6) is 0 Å². The summed E-state index contributed by atoms with van der Waals surface area (Å²) in [6, 6.07) is 9.54. The molecule has 0 aliphatic carbocycles. The monoisotopic (exact) mass is 323 g/mol. The Balaban J connectivity index is 1.84. The van der Waals surface area contributed by atoms with Crippen molar-refractivity contribution in [3.63, 3.8) is 0 Å². The fourth-order valence-corrected chi connectivity index (χ4v) is 2.50. The topological polar surface area (TPSA) is 83.6 Å². The molecule has 1 aromatic carbocycles. The van der Waals surface area contributed by atoms with Crippen molar-refractivity contribution in [2.45, 2.75) is 32.6 Å². The van der Waals surface area contributed by atoms with Crippen LogP contribution in [0.25, 0.3) is 22.4 Å². The van der Waals surface area contributed by atoms with Crippen molar-refractivity contribution in [1.29, 1.82) is 0 Å². The minimum atomic E-state index is -0.228. The Hall–Kier alpha value is -2.76. The first kappa shape index (κ1) is 16.1. The Bertz CT molecular complexity index is 860. The van der Waals surface area contributed by atoms with Gasteiger partial charge in [0, 0.05) is 18.3 Å². The van der Waals surface area contributed by atoms with Gasteiger partial charge >= 0.3 is 0 Å². The maximum absolute atomic E-state index is 12.2. The number of nitrogens with zero attached hydrogens (tertiary/aromatic N) is 3. The van der Waals surface area contributed by atoms with Gasteiger partial charge in [-0.25, -0.2) is 9.97 Å². The summed E-state index contributed by atoms with van der Waals surface area (Å²) in [5, 5.41) is 3.59. The van der Waals surface area contributed by atoms with Crippen LogP contribution in [0.3, 0.4) is 0 Å². The SMILES string of the molecule is CCCCCCNc1ncc2c(=O)[nH]c(-c3ccccc3)nc2n1. The van der Waals surface area contributed by atoms with Gasteiger partial charge in [-0.05, 0) is 6.42 Å². The van der Waals surface area contributed by atoms with Gasteiger partial charge in [0.15, 0.2) is 5.65 Å². The van der Waals surface area contributed by atoms with E-state index in [0.29, 0.717) is 22.8 Å². The molecule has 6 heteroatoms. The highest BCUT2D eigenvalue weighted by atomic mass is 16.1. The third-order valence-corrected chi connectivity index (χ3v) is 3.82. The van der Waals surface area contributed by atoms with Gasteiger partial charge < -0.3 is 10.3 Å². The highest BCUT2D eigenvalue weighted by Crippen LogP contribution is 2.15. The van der Waals surface area contributed by atoms with E-state index in [-0.39, 0.29) is 5.56 Å². The average Bonchev–Trinajstić information content (AvgIpc) is 2.62. The Labute approximate surface area is 140 Å². The van der Waals surface area contributed by atoms with Crippen molar-refractivity contribution in [3.8, 4) is 11.4 Å².